The van der Waals surface area contributed by atoms with E-state index in [0.29, 0.717) is 37.3 Å². The third-order valence-electron chi connectivity index (χ3n) is 3.75. The molecule has 0 aromatic heterocycles. The van der Waals surface area contributed by atoms with Crippen molar-refractivity contribution in [3.63, 3.8) is 0 Å². The summed E-state index contributed by atoms with van der Waals surface area (Å²) in [4.78, 5) is 13.8. The third-order valence-corrected chi connectivity index (χ3v) is 5.07. The maximum absolute atomic E-state index is 12.0. The molecule has 24 heavy (non-hydrogen) atoms. The molecule has 0 saturated carbocycles. The van der Waals surface area contributed by atoms with Gasteiger partial charge in [0.05, 0.1) is 0 Å². The van der Waals surface area contributed by atoms with Crippen molar-refractivity contribution in [2.75, 3.05) is 33.2 Å². The van der Waals surface area contributed by atoms with Gasteiger partial charge in [-0.1, -0.05) is 19.1 Å². The Bertz CT molecular complexity index is 716. The Morgan fingerprint density at radius 3 is 2.75 bits per heavy atom. The largest absolute Gasteiger partial charge is 0.358 e. The number of amidine groups is 1. The van der Waals surface area contributed by atoms with Crippen molar-refractivity contribution in [2.24, 2.45) is 4.40 Å². The fraction of sp³-hybridized carbons (Fsp3) is 0.500. The van der Waals surface area contributed by atoms with E-state index in [1.165, 1.54) is 0 Å². The summed E-state index contributed by atoms with van der Waals surface area (Å²) in [6.07, 6.45) is 1.03. The summed E-state index contributed by atoms with van der Waals surface area (Å²) >= 11 is 0. The number of nitrogens with one attached hydrogen (secondary N) is 2. The lowest BCUT2D eigenvalue weighted by Gasteiger charge is -2.18. The van der Waals surface area contributed by atoms with Gasteiger partial charge in [0.25, 0.3) is 10.0 Å². The zero-order chi connectivity index (χ0) is 17.6. The molecular weight excluding hydrogens is 328 g/mol. The quantitative estimate of drug-likeness (QED) is 0.668. The highest BCUT2D eigenvalue weighted by Crippen LogP contribution is 2.26. The SMILES string of the molecule is CCNCCNC(=O)CCCN(C)C1=NS(=O)(=O)c2ccccc21. The van der Waals surface area contributed by atoms with Gasteiger partial charge in [-0.15, -0.1) is 4.40 Å². The number of carbonyl (C=O) groups is 1. The molecule has 0 fully saturated rings. The number of sulfonamides is 1. The fourth-order valence-corrected chi connectivity index (χ4v) is 3.75. The van der Waals surface area contributed by atoms with Gasteiger partial charge in [0, 0.05) is 38.7 Å². The van der Waals surface area contributed by atoms with Crippen LogP contribution < -0.4 is 10.6 Å². The molecular formula is C16H24N4O3S. The molecule has 0 radical (unpaired) electrons. The monoisotopic (exact) mass is 352 g/mol. The predicted molar refractivity (Wildman–Crippen MR) is 93.6 cm³/mol. The number of hydrogen-bond donors (Lipinski definition) is 2. The minimum absolute atomic E-state index is 0.00249. The van der Waals surface area contributed by atoms with Crippen LogP contribution in [0.3, 0.4) is 0 Å². The maximum atomic E-state index is 12.0. The van der Waals surface area contributed by atoms with Crippen LogP contribution in [0, 0.1) is 0 Å². The highest BCUT2D eigenvalue weighted by Gasteiger charge is 2.30. The number of rotatable bonds is 8. The second-order valence-electron chi connectivity index (χ2n) is 5.61. The summed E-state index contributed by atoms with van der Waals surface area (Å²) in [5, 5.41) is 5.98. The van der Waals surface area contributed by atoms with Crippen LogP contribution >= 0.6 is 0 Å². The molecule has 0 bridgehead atoms. The summed E-state index contributed by atoms with van der Waals surface area (Å²) in [5.74, 6) is 0.445. The zero-order valence-corrected chi connectivity index (χ0v) is 14.9. The molecule has 2 rings (SSSR count). The Morgan fingerprint density at radius 2 is 2.00 bits per heavy atom. The lowest BCUT2D eigenvalue weighted by molar-refractivity contribution is -0.121. The summed E-state index contributed by atoms with van der Waals surface area (Å²) in [5.41, 5.74) is 0.620. The van der Waals surface area contributed by atoms with E-state index in [1.807, 2.05) is 6.92 Å². The van der Waals surface area contributed by atoms with E-state index in [2.05, 4.69) is 15.0 Å². The number of fused-ring (bicyclic) bond motifs is 1. The van der Waals surface area contributed by atoms with Gasteiger partial charge in [0.2, 0.25) is 5.91 Å². The van der Waals surface area contributed by atoms with Crippen molar-refractivity contribution < 1.29 is 13.2 Å². The van der Waals surface area contributed by atoms with Gasteiger partial charge in [0.1, 0.15) is 10.7 Å². The Balaban J connectivity index is 1.84. The van der Waals surface area contributed by atoms with Crippen LogP contribution in [0.2, 0.25) is 0 Å². The molecule has 8 heteroatoms. The summed E-state index contributed by atoms with van der Waals surface area (Å²) in [6.45, 7) is 4.83. The molecule has 132 valence electrons. The zero-order valence-electron chi connectivity index (χ0n) is 14.1. The number of likely N-dealkylation sites (N-methyl/N-ethyl adjacent to an activating group) is 1. The second-order valence-corrected chi connectivity index (χ2v) is 7.19. The van der Waals surface area contributed by atoms with E-state index in [4.69, 9.17) is 0 Å². The predicted octanol–water partition coefficient (Wildman–Crippen LogP) is 0.573. The number of amides is 1. The first-order chi connectivity index (χ1) is 11.5. The molecule has 1 aliphatic heterocycles. The molecule has 0 atom stereocenters. The number of carbonyl (C=O) groups excluding carboxylic acids is 1. The van der Waals surface area contributed by atoms with Crippen molar-refractivity contribution in [1.82, 2.24) is 15.5 Å². The standard InChI is InChI=1S/C16H24N4O3S/c1-3-17-10-11-18-15(21)9-6-12-20(2)16-13-7-4-5-8-14(13)24(22,23)19-16/h4-5,7-8,17H,3,6,9-12H2,1-2H3,(H,18,21). The average molecular weight is 352 g/mol. The summed E-state index contributed by atoms with van der Waals surface area (Å²) < 4.78 is 27.9. The van der Waals surface area contributed by atoms with E-state index >= 15 is 0 Å². The maximum Gasteiger partial charge on any atom is 0.285 e. The van der Waals surface area contributed by atoms with E-state index in [-0.39, 0.29) is 10.8 Å². The van der Waals surface area contributed by atoms with E-state index in [0.717, 1.165) is 13.1 Å². The lowest BCUT2D eigenvalue weighted by Crippen LogP contribution is -2.32. The average Bonchev–Trinajstić information content (AvgIpc) is 2.84. The van der Waals surface area contributed by atoms with Crippen LogP contribution in [0.1, 0.15) is 25.3 Å². The highest BCUT2D eigenvalue weighted by molar-refractivity contribution is 7.90. The van der Waals surface area contributed by atoms with Gasteiger partial charge in [0.15, 0.2) is 0 Å². The van der Waals surface area contributed by atoms with Gasteiger partial charge in [-0.3, -0.25) is 4.79 Å². The van der Waals surface area contributed by atoms with Crippen LogP contribution in [-0.4, -0.2) is 58.3 Å². The number of hydrogen-bond acceptors (Lipinski definition) is 5. The molecule has 0 unspecified atom stereocenters. The molecule has 7 nitrogen and oxygen atoms in total. The molecule has 0 aliphatic carbocycles. The third kappa shape index (κ3) is 4.55. The number of benzene rings is 1. The van der Waals surface area contributed by atoms with Crippen LogP contribution in [0.4, 0.5) is 0 Å². The van der Waals surface area contributed by atoms with Gasteiger partial charge in [-0.25, -0.2) is 0 Å². The van der Waals surface area contributed by atoms with Crippen molar-refractivity contribution in [3.05, 3.63) is 29.8 Å². The first kappa shape index (κ1) is 18.4. The van der Waals surface area contributed by atoms with Crippen molar-refractivity contribution in [2.45, 2.75) is 24.7 Å². The van der Waals surface area contributed by atoms with Crippen molar-refractivity contribution in [3.8, 4) is 0 Å². The highest BCUT2D eigenvalue weighted by atomic mass is 32.2. The molecule has 0 spiro atoms. The molecule has 1 amide bonds. The minimum atomic E-state index is -3.60. The lowest BCUT2D eigenvalue weighted by atomic mass is 10.2. The van der Waals surface area contributed by atoms with E-state index in [9.17, 15) is 13.2 Å². The Kier molecular flexibility index (Phi) is 6.33. The van der Waals surface area contributed by atoms with Crippen LogP contribution in [0.15, 0.2) is 33.6 Å². The van der Waals surface area contributed by atoms with Gasteiger partial charge in [-0.05, 0) is 25.1 Å². The first-order valence-corrected chi connectivity index (χ1v) is 9.52. The van der Waals surface area contributed by atoms with Crippen molar-refractivity contribution >= 4 is 21.8 Å². The molecule has 1 aromatic rings. The smallest absolute Gasteiger partial charge is 0.285 e. The summed E-state index contributed by atoms with van der Waals surface area (Å²) in [7, 11) is -1.81. The molecule has 1 aromatic carbocycles. The first-order valence-electron chi connectivity index (χ1n) is 8.08. The van der Waals surface area contributed by atoms with E-state index < -0.39 is 10.0 Å². The normalized spacial score (nSPS) is 14.8. The van der Waals surface area contributed by atoms with Gasteiger partial charge < -0.3 is 15.5 Å². The molecule has 1 heterocycles. The van der Waals surface area contributed by atoms with Gasteiger partial charge >= 0.3 is 0 Å². The molecule has 1 aliphatic rings. The minimum Gasteiger partial charge on any atom is -0.358 e. The van der Waals surface area contributed by atoms with E-state index in [1.54, 1.807) is 36.2 Å². The Labute approximate surface area is 143 Å². The molecule has 2 N–H and O–H groups in total. The van der Waals surface area contributed by atoms with Crippen LogP contribution in [0.25, 0.3) is 0 Å². The summed E-state index contributed by atoms with van der Waals surface area (Å²) in [6, 6.07) is 6.79. The second kappa shape index (κ2) is 8.25. The van der Waals surface area contributed by atoms with Crippen LogP contribution in [0.5, 0.6) is 0 Å². The topological polar surface area (TPSA) is 90.9 Å². The Hall–Kier alpha value is -1.93. The van der Waals surface area contributed by atoms with Crippen LogP contribution in [-0.2, 0) is 14.8 Å². The van der Waals surface area contributed by atoms with Gasteiger partial charge in [-0.2, -0.15) is 8.42 Å². The fourth-order valence-electron chi connectivity index (χ4n) is 2.50. The Morgan fingerprint density at radius 1 is 1.25 bits per heavy atom. The number of nitrogens with zero attached hydrogens (tertiary/aromatic N) is 2. The molecule has 0 saturated heterocycles. The van der Waals surface area contributed by atoms with Crippen molar-refractivity contribution in [1.29, 1.82) is 0 Å².